The van der Waals surface area contributed by atoms with E-state index >= 15 is 0 Å². The molecule has 0 spiro atoms. The molecule has 6 nitrogen and oxygen atoms in total. The van der Waals surface area contributed by atoms with E-state index in [1.165, 1.54) is 17.8 Å². The number of sulfonamides is 1. The summed E-state index contributed by atoms with van der Waals surface area (Å²) in [5.41, 5.74) is 1.38. The fourth-order valence-electron chi connectivity index (χ4n) is 2.48. The molecule has 0 atom stereocenters. The number of halogens is 1. The zero-order valence-corrected chi connectivity index (χ0v) is 17.8. The summed E-state index contributed by atoms with van der Waals surface area (Å²) in [6.07, 6.45) is 3.32. The maximum absolute atomic E-state index is 12.8. The van der Waals surface area contributed by atoms with Gasteiger partial charge in [-0.3, -0.25) is 14.5 Å². The summed E-state index contributed by atoms with van der Waals surface area (Å²) < 4.78 is 28.1. The lowest BCUT2D eigenvalue weighted by atomic mass is 10.2. The number of anilines is 2. The molecule has 1 amide bonds. The van der Waals surface area contributed by atoms with Gasteiger partial charge in [0, 0.05) is 33.7 Å². The Bertz CT molecular complexity index is 1110. The molecule has 0 unspecified atom stereocenters. The third kappa shape index (κ3) is 5.96. The third-order valence-electron chi connectivity index (χ3n) is 3.88. The van der Waals surface area contributed by atoms with Crippen molar-refractivity contribution in [1.82, 2.24) is 4.98 Å². The highest BCUT2D eigenvalue weighted by molar-refractivity contribution is 8.00. The molecule has 3 aromatic rings. The summed E-state index contributed by atoms with van der Waals surface area (Å²) in [5, 5.41) is 3.25. The minimum Gasteiger partial charge on any atom is -0.325 e. The van der Waals surface area contributed by atoms with Gasteiger partial charge < -0.3 is 5.32 Å². The molecular weight excluding hydrogens is 430 g/mol. The zero-order chi connectivity index (χ0) is 20.9. The quantitative estimate of drug-likeness (QED) is 0.518. The van der Waals surface area contributed by atoms with E-state index in [1.54, 1.807) is 55.7 Å². The van der Waals surface area contributed by atoms with Crippen LogP contribution in [-0.4, -0.2) is 25.1 Å². The van der Waals surface area contributed by atoms with Gasteiger partial charge in [0.25, 0.3) is 10.0 Å². The highest BCUT2D eigenvalue weighted by Gasteiger charge is 2.18. The fourth-order valence-corrected chi connectivity index (χ4v) is 4.62. The molecule has 0 saturated heterocycles. The van der Waals surface area contributed by atoms with Crippen LogP contribution in [0.4, 0.5) is 11.4 Å². The van der Waals surface area contributed by atoms with E-state index < -0.39 is 10.0 Å². The third-order valence-corrected chi connectivity index (χ3v) is 6.66. The average molecular weight is 448 g/mol. The summed E-state index contributed by atoms with van der Waals surface area (Å²) in [7, 11) is -3.83. The van der Waals surface area contributed by atoms with Crippen molar-refractivity contribution in [3.05, 3.63) is 77.6 Å². The molecule has 0 aliphatic carbocycles. The molecule has 0 bridgehead atoms. The normalized spacial score (nSPS) is 11.1. The summed E-state index contributed by atoms with van der Waals surface area (Å²) in [5.74, 6) is -0.0344. The van der Waals surface area contributed by atoms with Crippen LogP contribution in [-0.2, 0) is 14.8 Å². The molecule has 1 aromatic heterocycles. The number of hydrogen-bond donors (Lipinski definition) is 2. The van der Waals surface area contributed by atoms with Crippen LogP contribution in [0.5, 0.6) is 0 Å². The van der Waals surface area contributed by atoms with Crippen molar-refractivity contribution >= 4 is 50.7 Å². The molecule has 29 heavy (non-hydrogen) atoms. The minimum absolute atomic E-state index is 0.0898. The summed E-state index contributed by atoms with van der Waals surface area (Å²) in [4.78, 5) is 17.2. The lowest BCUT2D eigenvalue weighted by Crippen LogP contribution is -2.17. The molecular formula is C20H18ClN3O3S2. The van der Waals surface area contributed by atoms with E-state index in [9.17, 15) is 13.2 Å². The van der Waals surface area contributed by atoms with Crippen molar-refractivity contribution in [3.8, 4) is 0 Å². The Morgan fingerprint density at radius 3 is 2.38 bits per heavy atom. The van der Waals surface area contributed by atoms with Crippen molar-refractivity contribution < 1.29 is 13.2 Å². The molecule has 0 aliphatic rings. The first-order valence-corrected chi connectivity index (χ1v) is 11.4. The number of nitrogens with one attached hydrogen (secondary N) is 2. The molecule has 2 N–H and O–H groups in total. The highest BCUT2D eigenvalue weighted by atomic mass is 35.5. The Kier molecular flexibility index (Phi) is 6.79. The van der Waals surface area contributed by atoms with Crippen LogP contribution in [0.1, 0.15) is 5.56 Å². The maximum Gasteiger partial charge on any atom is 0.262 e. The number of amides is 1. The van der Waals surface area contributed by atoms with E-state index in [0.29, 0.717) is 22.0 Å². The predicted molar refractivity (Wildman–Crippen MR) is 117 cm³/mol. The minimum atomic E-state index is -3.83. The Morgan fingerprint density at radius 1 is 1.03 bits per heavy atom. The number of rotatable bonds is 7. The highest BCUT2D eigenvalue weighted by Crippen LogP contribution is 2.24. The second-order valence-corrected chi connectivity index (χ2v) is 9.25. The van der Waals surface area contributed by atoms with Gasteiger partial charge in [0.2, 0.25) is 5.91 Å². The van der Waals surface area contributed by atoms with E-state index in [1.807, 2.05) is 12.1 Å². The Labute approximate surface area is 178 Å². The van der Waals surface area contributed by atoms with Gasteiger partial charge in [-0.15, -0.1) is 11.8 Å². The van der Waals surface area contributed by atoms with Gasteiger partial charge in [-0.25, -0.2) is 8.42 Å². The van der Waals surface area contributed by atoms with Gasteiger partial charge in [0.15, 0.2) is 0 Å². The van der Waals surface area contributed by atoms with Crippen LogP contribution in [0.25, 0.3) is 0 Å². The zero-order valence-electron chi connectivity index (χ0n) is 15.4. The first kappa shape index (κ1) is 21.2. The van der Waals surface area contributed by atoms with Gasteiger partial charge >= 0.3 is 0 Å². The van der Waals surface area contributed by atoms with Crippen LogP contribution in [0.2, 0.25) is 5.02 Å². The maximum atomic E-state index is 12.8. The number of benzene rings is 2. The molecule has 3 rings (SSSR count). The molecule has 1 heterocycles. The number of thioether (sulfide) groups is 1. The fraction of sp³-hybridized carbons (Fsp3) is 0.100. The predicted octanol–water partition coefficient (Wildman–Crippen LogP) is 4.58. The van der Waals surface area contributed by atoms with E-state index in [2.05, 4.69) is 15.0 Å². The van der Waals surface area contributed by atoms with Crippen LogP contribution >= 0.6 is 23.4 Å². The van der Waals surface area contributed by atoms with Crippen molar-refractivity contribution in [3.63, 3.8) is 0 Å². The molecule has 0 aliphatic heterocycles. The molecule has 0 radical (unpaired) electrons. The number of carbonyl (C=O) groups is 1. The number of carbonyl (C=O) groups excluding carboxylic acids is 1. The van der Waals surface area contributed by atoms with Gasteiger partial charge in [-0.05, 0) is 61.0 Å². The van der Waals surface area contributed by atoms with Crippen LogP contribution in [0, 0.1) is 6.92 Å². The molecule has 2 aromatic carbocycles. The average Bonchev–Trinajstić information content (AvgIpc) is 2.70. The van der Waals surface area contributed by atoms with E-state index in [-0.39, 0.29) is 16.6 Å². The molecule has 9 heteroatoms. The number of hydrogen-bond acceptors (Lipinski definition) is 5. The van der Waals surface area contributed by atoms with Crippen LogP contribution in [0.15, 0.2) is 76.8 Å². The number of pyridine rings is 1. The van der Waals surface area contributed by atoms with Gasteiger partial charge in [0.05, 0.1) is 10.6 Å². The van der Waals surface area contributed by atoms with Gasteiger partial charge in [-0.1, -0.05) is 17.7 Å². The monoisotopic (exact) mass is 447 g/mol. The Hall–Kier alpha value is -2.55. The lowest BCUT2D eigenvalue weighted by molar-refractivity contribution is -0.113. The standard InChI is InChI=1S/C20H18ClN3O3S2/c1-14-2-5-17(23-20(25)13-28-18-8-10-22-11-9-18)12-19(14)29(26,27)24-16-6-3-15(21)4-7-16/h2-12,24H,13H2,1H3,(H,23,25). The SMILES string of the molecule is Cc1ccc(NC(=O)CSc2ccncc2)cc1S(=O)(=O)Nc1ccc(Cl)cc1. The van der Waals surface area contributed by atoms with Crippen LogP contribution in [0.3, 0.4) is 0 Å². The second-order valence-electron chi connectivity index (χ2n) is 6.11. The Balaban J connectivity index is 1.71. The summed E-state index contributed by atoms with van der Waals surface area (Å²) in [6, 6.07) is 14.8. The smallest absolute Gasteiger partial charge is 0.262 e. The second kappa shape index (κ2) is 9.30. The molecule has 150 valence electrons. The number of nitrogens with zero attached hydrogens (tertiary/aromatic N) is 1. The van der Waals surface area contributed by atoms with Crippen molar-refractivity contribution in [2.75, 3.05) is 15.8 Å². The van der Waals surface area contributed by atoms with E-state index in [0.717, 1.165) is 4.90 Å². The molecule has 0 fully saturated rings. The van der Waals surface area contributed by atoms with Gasteiger partial charge in [-0.2, -0.15) is 0 Å². The van der Waals surface area contributed by atoms with Crippen molar-refractivity contribution in [1.29, 1.82) is 0 Å². The number of aromatic nitrogens is 1. The van der Waals surface area contributed by atoms with Gasteiger partial charge in [0.1, 0.15) is 0 Å². The largest absolute Gasteiger partial charge is 0.325 e. The summed E-state index contributed by atoms with van der Waals surface area (Å²) in [6.45, 7) is 1.70. The first-order chi connectivity index (χ1) is 13.8. The topological polar surface area (TPSA) is 88.2 Å². The first-order valence-electron chi connectivity index (χ1n) is 8.55. The van der Waals surface area contributed by atoms with Crippen molar-refractivity contribution in [2.24, 2.45) is 0 Å². The van der Waals surface area contributed by atoms with Crippen LogP contribution < -0.4 is 10.0 Å². The lowest BCUT2D eigenvalue weighted by Gasteiger charge is -2.13. The summed E-state index contributed by atoms with van der Waals surface area (Å²) >= 11 is 7.21. The molecule has 0 saturated carbocycles. The van der Waals surface area contributed by atoms with E-state index in [4.69, 9.17) is 11.6 Å². The Morgan fingerprint density at radius 2 is 1.69 bits per heavy atom. The van der Waals surface area contributed by atoms with Crippen molar-refractivity contribution in [2.45, 2.75) is 16.7 Å². The number of aryl methyl sites for hydroxylation is 1.